The zero-order chi connectivity index (χ0) is 11.8. The van der Waals surface area contributed by atoms with Gasteiger partial charge in [0.15, 0.2) is 0 Å². The molecule has 1 aromatic rings. The van der Waals surface area contributed by atoms with Crippen molar-refractivity contribution in [1.82, 2.24) is 9.97 Å². The van der Waals surface area contributed by atoms with Crippen molar-refractivity contribution in [1.29, 1.82) is 0 Å². The molecule has 0 radical (unpaired) electrons. The Kier molecular flexibility index (Phi) is 2.70. The lowest BCUT2D eigenvalue weighted by Gasteiger charge is -2.37. The van der Waals surface area contributed by atoms with E-state index in [2.05, 4.69) is 21.8 Å². The Morgan fingerprint density at radius 1 is 1.29 bits per heavy atom. The van der Waals surface area contributed by atoms with Gasteiger partial charge in [-0.05, 0) is 25.7 Å². The fourth-order valence-corrected chi connectivity index (χ4v) is 2.37. The molecule has 0 spiro atoms. The van der Waals surface area contributed by atoms with Gasteiger partial charge in [0.25, 0.3) is 0 Å². The second-order valence-corrected chi connectivity index (χ2v) is 4.92. The van der Waals surface area contributed by atoms with Crippen LogP contribution in [0.1, 0.15) is 19.8 Å². The largest absolute Gasteiger partial charge is 0.371 e. The van der Waals surface area contributed by atoms with Gasteiger partial charge in [0, 0.05) is 13.1 Å². The van der Waals surface area contributed by atoms with E-state index in [4.69, 9.17) is 4.74 Å². The van der Waals surface area contributed by atoms with Crippen LogP contribution in [0, 0.1) is 11.9 Å². The molecule has 1 aromatic heterocycles. The molecule has 5 heteroatoms. The Balaban J connectivity index is 1.75. The predicted molar refractivity (Wildman–Crippen MR) is 61.3 cm³/mol. The van der Waals surface area contributed by atoms with Crippen molar-refractivity contribution in [3.8, 4) is 0 Å². The highest BCUT2D eigenvalue weighted by Crippen LogP contribution is 2.37. The minimum Gasteiger partial charge on any atom is -0.371 e. The smallest absolute Gasteiger partial charge is 0.231 e. The number of nitrogens with zero attached hydrogens (tertiary/aromatic N) is 3. The summed E-state index contributed by atoms with van der Waals surface area (Å²) in [5.74, 6) is 0.912. The third-order valence-electron chi connectivity index (χ3n) is 3.36. The maximum atomic E-state index is 12.7. The van der Waals surface area contributed by atoms with Crippen LogP contribution in [0.2, 0.25) is 0 Å². The number of ether oxygens (including phenoxy) is 1. The van der Waals surface area contributed by atoms with Crippen molar-refractivity contribution in [3.63, 3.8) is 0 Å². The van der Waals surface area contributed by atoms with Gasteiger partial charge in [-0.3, -0.25) is 0 Å². The van der Waals surface area contributed by atoms with Gasteiger partial charge in [0.1, 0.15) is 5.82 Å². The number of aromatic nitrogens is 2. The minimum atomic E-state index is -0.534. The van der Waals surface area contributed by atoms with Crippen LogP contribution in [0.15, 0.2) is 12.4 Å². The fourth-order valence-electron chi connectivity index (χ4n) is 2.37. The quantitative estimate of drug-likeness (QED) is 0.783. The molecule has 1 saturated heterocycles. The zero-order valence-electron chi connectivity index (χ0n) is 9.84. The molecule has 0 aromatic carbocycles. The Hall–Kier alpha value is -1.23. The summed E-state index contributed by atoms with van der Waals surface area (Å²) in [4.78, 5) is 9.88. The molecule has 0 N–H and O–H groups in total. The van der Waals surface area contributed by atoms with E-state index in [1.165, 1.54) is 25.2 Å². The molecule has 0 unspecified atom stereocenters. The summed E-state index contributed by atoms with van der Waals surface area (Å²) in [6.45, 7) is 3.71. The van der Waals surface area contributed by atoms with Crippen molar-refractivity contribution in [3.05, 3.63) is 18.3 Å². The number of morpholine rings is 1. The summed E-state index contributed by atoms with van der Waals surface area (Å²) < 4.78 is 18.7. The van der Waals surface area contributed by atoms with Crippen LogP contribution in [0.4, 0.5) is 10.2 Å². The molecule has 0 bridgehead atoms. The Labute approximate surface area is 99.8 Å². The van der Waals surface area contributed by atoms with Crippen molar-refractivity contribution >= 4 is 5.82 Å². The summed E-state index contributed by atoms with van der Waals surface area (Å²) in [6, 6.07) is 0. The number of hydrogen-bond donors (Lipinski definition) is 0. The Morgan fingerprint density at radius 3 is 2.76 bits per heavy atom. The molecule has 4 nitrogen and oxygen atoms in total. The van der Waals surface area contributed by atoms with Gasteiger partial charge in [-0.2, -0.15) is 4.39 Å². The average Bonchev–Trinajstić information content (AvgIpc) is 3.13. The summed E-state index contributed by atoms with van der Waals surface area (Å²) >= 11 is 0. The van der Waals surface area contributed by atoms with E-state index in [1.54, 1.807) is 0 Å². The lowest BCUT2D eigenvalue weighted by atomic mass is 10.1. The van der Waals surface area contributed by atoms with Crippen LogP contribution < -0.4 is 4.90 Å². The lowest BCUT2D eigenvalue weighted by Crippen LogP contribution is -2.47. The van der Waals surface area contributed by atoms with Gasteiger partial charge < -0.3 is 9.64 Å². The molecular formula is C12H16FN3O. The monoisotopic (exact) mass is 237 g/mol. The van der Waals surface area contributed by atoms with E-state index in [0.717, 1.165) is 18.9 Å². The molecule has 17 heavy (non-hydrogen) atoms. The summed E-state index contributed by atoms with van der Waals surface area (Å²) in [5, 5.41) is 0. The number of rotatable bonds is 2. The topological polar surface area (TPSA) is 38.2 Å². The average molecular weight is 237 g/mol. The van der Waals surface area contributed by atoms with Crippen molar-refractivity contribution in [2.24, 2.45) is 5.92 Å². The van der Waals surface area contributed by atoms with Crippen LogP contribution in [-0.4, -0.2) is 35.3 Å². The minimum absolute atomic E-state index is 0.196. The van der Waals surface area contributed by atoms with E-state index >= 15 is 0 Å². The molecule has 92 valence electrons. The molecule has 1 aliphatic heterocycles. The van der Waals surface area contributed by atoms with Gasteiger partial charge in [0.05, 0.1) is 24.6 Å². The molecule has 1 saturated carbocycles. The maximum absolute atomic E-state index is 12.7. The van der Waals surface area contributed by atoms with Gasteiger partial charge in [-0.1, -0.05) is 0 Å². The first kappa shape index (κ1) is 10.9. The summed E-state index contributed by atoms with van der Waals surface area (Å²) in [5.41, 5.74) is 0. The van der Waals surface area contributed by atoms with Crippen LogP contribution in [0.5, 0.6) is 0 Å². The maximum Gasteiger partial charge on any atom is 0.231 e. The summed E-state index contributed by atoms with van der Waals surface area (Å²) in [6.07, 6.45) is 5.69. The van der Waals surface area contributed by atoms with E-state index in [0.29, 0.717) is 12.0 Å². The van der Waals surface area contributed by atoms with E-state index in [1.807, 2.05) is 0 Å². The van der Waals surface area contributed by atoms with Gasteiger partial charge >= 0.3 is 0 Å². The first-order chi connectivity index (χ1) is 8.22. The highest BCUT2D eigenvalue weighted by Gasteiger charge is 2.37. The second kappa shape index (κ2) is 4.22. The van der Waals surface area contributed by atoms with Crippen LogP contribution in [0.3, 0.4) is 0 Å². The Bertz CT molecular complexity index is 393. The molecule has 2 fully saturated rings. The van der Waals surface area contributed by atoms with Crippen LogP contribution in [0.25, 0.3) is 0 Å². The molecule has 2 heterocycles. The van der Waals surface area contributed by atoms with Crippen molar-refractivity contribution in [2.45, 2.75) is 32.0 Å². The molecule has 1 aliphatic carbocycles. The molecule has 2 aliphatic rings. The molecule has 3 rings (SSSR count). The number of anilines is 1. The first-order valence-corrected chi connectivity index (χ1v) is 6.10. The third kappa shape index (κ3) is 2.39. The second-order valence-electron chi connectivity index (χ2n) is 4.92. The van der Waals surface area contributed by atoms with Crippen molar-refractivity contribution in [2.75, 3.05) is 18.0 Å². The SMILES string of the molecule is C[C@@H]1CN(c2cnc(F)cn2)C[C@@H](C2CC2)O1. The highest BCUT2D eigenvalue weighted by atomic mass is 19.1. The highest BCUT2D eigenvalue weighted by molar-refractivity contribution is 5.36. The van der Waals surface area contributed by atoms with E-state index < -0.39 is 5.95 Å². The van der Waals surface area contributed by atoms with Gasteiger partial charge in [-0.25, -0.2) is 9.97 Å². The van der Waals surface area contributed by atoms with Crippen LogP contribution >= 0.6 is 0 Å². The van der Waals surface area contributed by atoms with Crippen LogP contribution in [-0.2, 0) is 4.74 Å². The zero-order valence-corrected chi connectivity index (χ0v) is 9.84. The number of halogens is 1. The van der Waals surface area contributed by atoms with Gasteiger partial charge in [0.2, 0.25) is 5.95 Å². The lowest BCUT2D eigenvalue weighted by molar-refractivity contribution is -0.0273. The normalized spacial score (nSPS) is 29.4. The fraction of sp³-hybridized carbons (Fsp3) is 0.667. The van der Waals surface area contributed by atoms with E-state index in [9.17, 15) is 4.39 Å². The summed E-state index contributed by atoms with van der Waals surface area (Å²) in [7, 11) is 0. The van der Waals surface area contributed by atoms with Gasteiger partial charge in [-0.15, -0.1) is 0 Å². The first-order valence-electron chi connectivity index (χ1n) is 6.10. The third-order valence-corrected chi connectivity index (χ3v) is 3.36. The molecular weight excluding hydrogens is 221 g/mol. The van der Waals surface area contributed by atoms with Crippen molar-refractivity contribution < 1.29 is 9.13 Å². The predicted octanol–water partition coefficient (Wildman–Crippen LogP) is 1.62. The van der Waals surface area contributed by atoms with E-state index in [-0.39, 0.29) is 6.10 Å². The molecule has 0 amide bonds. The standard InChI is InChI=1S/C12H16FN3O/c1-8-6-16(7-10(17-8)9-2-3-9)12-5-14-11(13)4-15-12/h4-5,8-10H,2-3,6-7H2,1H3/t8-,10+/m1/s1. The molecule has 2 atom stereocenters. The Morgan fingerprint density at radius 2 is 2.12 bits per heavy atom. The number of hydrogen-bond acceptors (Lipinski definition) is 4.